The zero-order valence-corrected chi connectivity index (χ0v) is 17.4. The van der Waals surface area contributed by atoms with Crippen LogP contribution < -0.4 is 9.47 Å². The number of thiophene rings is 1. The topological polar surface area (TPSA) is 35.5 Å². The number of carbonyl (C=O) groups excluding carboxylic acids is 1. The van der Waals surface area contributed by atoms with E-state index in [-0.39, 0.29) is 11.0 Å². The van der Waals surface area contributed by atoms with Gasteiger partial charge in [-0.05, 0) is 53.4 Å². The fourth-order valence-electron chi connectivity index (χ4n) is 2.66. The lowest BCUT2D eigenvalue weighted by Crippen LogP contribution is -2.04. The van der Waals surface area contributed by atoms with E-state index in [9.17, 15) is 4.79 Å². The Labute approximate surface area is 172 Å². The predicted molar refractivity (Wildman–Crippen MR) is 113 cm³/mol. The van der Waals surface area contributed by atoms with Gasteiger partial charge in [-0.15, -0.1) is 23.1 Å². The van der Waals surface area contributed by atoms with Gasteiger partial charge in [0.25, 0.3) is 0 Å². The van der Waals surface area contributed by atoms with E-state index in [4.69, 9.17) is 21.1 Å². The van der Waals surface area contributed by atoms with Crippen LogP contribution in [0.5, 0.6) is 11.5 Å². The summed E-state index contributed by atoms with van der Waals surface area (Å²) >= 11 is 9.10. The van der Waals surface area contributed by atoms with Crippen LogP contribution in [0, 0.1) is 0 Å². The van der Waals surface area contributed by atoms with Crippen molar-refractivity contribution in [3.63, 3.8) is 0 Å². The highest BCUT2D eigenvalue weighted by molar-refractivity contribution is 7.99. The molecule has 3 aromatic rings. The lowest BCUT2D eigenvalue weighted by atomic mass is 10.1. The van der Waals surface area contributed by atoms with E-state index in [1.54, 1.807) is 26.0 Å². The highest BCUT2D eigenvalue weighted by Gasteiger charge is 2.21. The Hall–Kier alpha value is -1.95. The van der Waals surface area contributed by atoms with E-state index in [1.807, 2.05) is 60.0 Å². The standard InChI is InChI=1S/C21H19ClO3S2/c1-24-18-10-5-14(12-19(18)25-2)21(13-17(23)20-4-3-11-26-20)27-16-8-6-15(22)7-9-16/h3-12,21H,13H2,1-2H3/t21-/m1/s1. The molecule has 0 saturated carbocycles. The van der Waals surface area contributed by atoms with Crippen molar-refractivity contribution >= 4 is 40.5 Å². The molecule has 0 aliphatic rings. The lowest BCUT2D eigenvalue weighted by molar-refractivity contribution is 0.0986. The second-order valence-electron chi connectivity index (χ2n) is 5.78. The summed E-state index contributed by atoms with van der Waals surface area (Å²) in [4.78, 5) is 14.6. The molecule has 0 aliphatic carbocycles. The van der Waals surface area contributed by atoms with Crippen molar-refractivity contribution in [1.29, 1.82) is 0 Å². The van der Waals surface area contributed by atoms with Crippen LogP contribution >= 0.6 is 34.7 Å². The first kappa shape index (κ1) is 19.8. The predicted octanol–water partition coefficient (Wildman–Crippen LogP) is 6.53. The molecule has 0 radical (unpaired) electrons. The number of rotatable bonds is 8. The molecule has 27 heavy (non-hydrogen) atoms. The minimum atomic E-state index is -0.0550. The Morgan fingerprint density at radius 2 is 1.81 bits per heavy atom. The van der Waals surface area contributed by atoms with E-state index in [0.29, 0.717) is 22.9 Å². The number of benzene rings is 2. The molecule has 0 bridgehead atoms. The Morgan fingerprint density at radius 3 is 2.44 bits per heavy atom. The second-order valence-corrected chi connectivity index (χ2v) is 8.44. The number of ketones is 1. The molecule has 1 heterocycles. The van der Waals surface area contributed by atoms with Crippen LogP contribution in [-0.2, 0) is 0 Å². The lowest BCUT2D eigenvalue weighted by Gasteiger charge is -2.18. The van der Waals surface area contributed by atoms with Gasteiger partial charge < -0.3 is 9.47 Å². The summed E-state index contributed by atoms with van der Waals surface area (Å²) in [7, 11) is 3.22. The highest BCUT2D eigenvalue weighted by Crippen LogP contribution is 2.42. The molecule has 140 valence electrons. The van der Waals surface area contributed by atoms with Gasteiger partial charge in [-0.25, -0.2) is 0 Å². The van der Waals surface area contributed by atoms with Gasteiger partial charge in [-0.1, -0.05) is 23.7 Å². The number of thioether (sulfide) groups is 1. The minimum Gasteiger partial charge on any atom is -0.493 e. The third kappa shape index (κ3) is 5.06. The number of methoxy groups -OCH3 is 2. The molecule has 3 rings (SSSR count). The molecule has 0 spiro atoms. The molecule has 0 saturated heterocycles. The summed E-state index contributed by atoms with van der Waals surface area (Å²) in [5.41, 5.74) is 1.01. The van der Waals surface area contributed by atoms with E-state index < -0.39 is 0 Å². The van der Waals surface area contributed by atoms with E-state index >= 15 is 0 Å². The fraction of sp³-hybridized carbons (Fsp3) is 0.190. The van der Waals surface area contributed by atoms with Crippen LogP contribution in [0.15, 0.2) is 64.9 Å². The molecule has 6 heteroatoms. The van der Waals surface area contributed by atoms with E-state index in [1.165, 1.54) is 11.3 Å². The van der Waals surface area contributed by atoms with Gasteiger partial charge in [0.1, 0.15) is 0 Å². The number of carbonyl (C=O) groups is 1. The summed E-state index contributed by atoms with van der Waals surface area (Å²) in [5.74, 6) is 1.45. The number of hydrogen-bond acceptors (Lipinski definition) is 5. The Bertz CT molecular complexity index is 892. The fourth-order valence-corrected chi connectivity index (χ4v) is 4.61. The molecule has 0 amide bonds. The average Bonchev–Trinajstić information content (AvgIpc) is 3.23. The van der Waals surface area contributed by atoms with Gasteiger partial charge >= 0.3 is 0 Å². The highest BCUT2D eigenvalue weighted by atomic mass is 35.5. The summed E-state index contributed by atoms with van der Waals surface area (Å²) in [6.07, 6.45) is 0.392. The van der Waals surface area contributed by atoms with Gasteiger partial charge in [0.05, 0.1) is 19.1 Å². The van der Waals surface area contributed by atoms with Crippen LogP contribution in [0.25, 0.3) is 0 Å². The van der Waals surface area contributed by atoms with Gasteiger partial charge in [0.2, 0.25) is 0 Å². The van der Waals surface area contributed by atoms with Crippen LogP contribution in [-0.4, -0.2) is 20.0 Å². The van der Waals surface area contributed by atoms with Crippen LogP contribution in [0.2, 0.25) is 5.02 Å². The monoisotopic (exact) mass is 418 g/mol. The van der Waals surface area contributed by atoms with Crippen molar-refractivity contribution in [3.8, 4) is 11.5 Å². The van der Waals surface area contributed by atoms with E-state index in [0.717, 1.165) is 15.3 Å². The summed E-state index contributed by atoms with van der Waals surface area (Å²) in [6, 6.07) is 17.2. The second kappa shape index (κ2) is 9.31. The van der Waals surface area contributed by atoms with Crippen molar-refractivity contribution < 1.29 is 14.3 Å². The van der Waals surface area contributed by atoms with E-state index in [2.05, 4.69) is 0 Å². The van der Waals surface area contributed by atoms with Crippen molar-refractivity contribution in [1.82, 2.24) is 0 Å². The van der Waals surface area contributed by atoms with Crippen LogP contribution in [0.4, 0.5) is 0 Å². The average molecular weight is 419 g/mol. The molecule has 0 fully saturated rings. The largest absolute Gasteiger partial charge is 0.493 e. The number of Topliss-reactive ketones (excluding diaryl/α,β-unsaturated/α-hetero) is 1. The van der Waals surface area contributed by atoms with Crippen molar-refractivity contribution in [2.24, 2.45) is 0 Å². The first-order valence-electron chi connectivity index (χ1n) is 8.31. The smallest absolute Gasteiger partial charge is 0.174 e. The Kier molecular flexibility index (Phi) is 6.83. The zero-order valence-electron chi connectivity index (χ0n) is 15.0. The molecule has 0 aliphatic heterocycles. The number of hydrogen-bond donors (Lipinski definition) is 0. The molecule has 0 unspecified atom stereocenters. The number of halogens is 1. The molecule has 1 aromatic heterocycles. The molecular weight excluding hydrogens is 400 g/mol. The van der Waals surface area contributed by atoms with Crippen LogP contribution in [0.1, 0.15) is 26.9 Å². The SMILES string of the molecule is COc1ccc([C@@H](CC(=O)c2cccs2)Sc2ccc(Cl)cc2)cc1OC. The molecule has 1 atom stereocenters. The minimum absolute atomic E-state index is 0.0550. The molecule has 3 nitrogen and oxygen atoms in total. The summed E-state index contributed by atoms with van der Waals surface area (Å²) in [5, 5.41) is 2.56. The first-order valence-corrected chi connectivity index (χ1v) is 10.4. The van der Waals surface area contributed by atoms with Gasteiger partial charge in [0.15, 0.2) is 17.3 Å². The van der Waals surface area contributed by atoms with Crippen molar-refractivity contribution in [2.75, 3.05) is 14.2 Å². The third-order valence-corrected chi connectivity index (χ3v) is 6.47. The number of ether oxygens (including phenoxy) is 2. The zero-order chi connectivity index (χ0) is 19.2. The first-order chi connectivity index (χ1) is 13.1. The maximum Gasteiger partial charge on any atom is 0.174 e. The van der Waals surface area contributed by atoms with Crippen LogP contribution in [0.3, 0.4) is 0 Å². The third-order valence-electron chi connectivity index (χ3n) is 4.04. The van der Waals surface area contributed by atoms with Gasteiger partial charge in [-0.3, -0.25) is 4.79 Å². The van der Waals surface area contributed by atoms with Gasteiger partial charge in [0, 0.05) is 21.6 Å². The van der Waals surface area contributed by atoms with Gasteiger partial charge in [-0.2, -0.15) is 0 Å². The maximum absolute atomic E-state index is 12.7. The van der Waals surface area contributed by atoms with Crippen molar-refractivity contribution in [2.45, 2.75) is 16.6 Å². The Morgan fingerprint density at radius 1 is 1.07 bits per heavy atom. The normalized spacial score (nSPS) is 11.8. The maximum atomic E-state index is 12.7. The van der Waals surface area contributed by atoms with Crippen molar-refractivity contribution in [3.05, 3.63) is 75.4 Å². The molecule has 0 N–H and O–H groups in total. The summed E-state index contributed by atoms with van der Waals surface area (Å²) < 4.78 is 10.8. The molecular formula is C21H19ClO3S2. The quantitative estimate of drug-likeness (QED) is 0.308. The Balaban J connectivity index is 1.91. The molecule has 2 aromatic carbocycles. The summed E-state index contributed by atoms with van der Waals surface area (Å²) in [6.45, 7) is 0.